The standard InChI is InChI=1S/C16H14ClF3N4O2.C4H8O/c17-13-12(15(26)23-4-3-21-11(25)7-23)22-14-10(16(18,19)20)5-9(6-24(13)14)8-1-2-8;5-4-2-1-3-4/h5-6,8H,1-4,7H2,(H,21,25);4-5H,1-3H2. The highest BCUT2D eigenvalue weighted by molar-refractivity contribution is 6.33. The van der Waals surface area contributed by atoms with Gasteiger partial charge >= 0.3 is 6.18 Å². The number of rotatable bonds is 2. The molecule has 0 unspecified atom stereocenters. The van der Waals surface area contributed by atoms with Crippen LogP contribution in [0, 0.1) is 0 Å². The third-order valence-electron chi connectivity index (χ3n) is 5.64. The summed E-state index contributed by atoms with van der Waals surface area (Å²) in [6.45, 7) is 0.339. The lowest BCUT2D eigenvalue weighted by Crippen LogP contribution is -2.50. The summed E-state index contributed by atoms with van der Waals surface area (Å²) in [6.07, 6.45) is 1.92. The lowest BCUT2D eigenvalue weighted by molar-refractivity contribution is -0.136. The van der Waals surface area contributed by atoms with Crippen molar-refractivity contribution in [3.05, 3.63) is 34.2 Å². The monoisotopic (exact) mass is 458 g/mol. The zero-order valence-corrected chi connectivity index (χ0v) is 17.3. The fourth-order valence-electron chi connectivity index (χ4n) is 3.47. The third-order valence-corrected chi connectivity index (χ3v) is 6.00. The van der Waals surface area contributed by atoms with Crippen molar-refractivity contribution in [3.63, 3.8) is 0 Å². The van der Waals surface area contributed by atoms with Crippen LogP contribution in [0.5, 0.6) is 0 Å². The van der Waals surface area contributed by atoms with Crippen LogP contribution in [0.2, 0.25) is 5.15 Å². The van der Waals surface area contributed by atoms with E-state index in [-0.39, 0.29) is 48.4 Å². The number of fused-ring (bicyclic) bond motifs is 1. The van der Waals surface area contributed by atoms with Gasteiger partial charge in [0.2, 0.25) is 5.91 Å². The maximum Gasteiger partial charge on any atom is 0.419 e. The van der Waals surface area contributed by atoms with Gasteiger partial charge in [-0.15, -0.1) is 0 Å². The number of amides is 2. The Morgan fingerprint density at radius 2 is 1.94 bits per heavy atom. The van der Waals surface area contributed by atoms with E-state index in [1.807, 2.05) is 0 Å². The number of imidazole rings is 1. The molecule has 3 fully saturated rings. The number of alkyl halides is 3. The predicted molar refractivity (Wildman–Crippen MR) is 106 cm³/mol. The van der Waals surface area contributed by atoms with Gasteiger partial charge in [0.05, 0.1) is 18.2 Å². The van der Waals surface area contributed by atoms with Crippen LogP contribution in [0.15, 0.2) is 12.3 Å². The molecule has 3 heterocycles. The topological polar surface area (TPSA) is 86.9 Å². The second-order valence-corrected chi connectivity index (χ2v) is 8.42. The minimum atomic E-state index is -4.62. The van der Waals surface area contributed by atoms with Crippen molar-refractivity contribution in [2.24, 2.45) is 0 Å². The molecule has 2 N–H and O–H groups in total. The van der Waals surface area contributed by atoms with E-state index in [0.717, 1.165) is 36.2 Å². The highest BCUT2D eigenvalue weighted by Crippen LogP contribution is 2.43. The number of hydrogen-bond acceptors (Lipinski definition) is 4. The van der Waals surface area contributed by atoms with Crippen molar-refractivity contribution in [1.29, 1.82) is 0 Å². The first-order chi connectivity index (χ1) is 14.6. The van der Waals surface area contributed by atoms with Crippen molar-refractivity contribution < 1.29 is 27.9 Å². The molecule has 3 aliphatic rings. The van der Waals surface area contributed by atoms with Crippen LogP contribution in [0.4, 0.5) is 13.2 Å². The van der Waals surface area contributed by atoms with Crippen molar-refractivity contribution in [2.75, 3.05) is 19.6 Å². The molecule has 1 aliphatic heterocycles. The van der Waals surface area contributed by atoms with Gasteiger partial charge in [0.15, 0.2) is 11.3 Å². The highest BCUT2D eigenvalue weighted by atomic mass is 35.5. The average molecular weight is 459 g/mol. The predicted octanol–water partition coefficient (Wildman–Crippen LogP) is 2.99. The number of nitrogens with one attached hydrogen (secondary N) is 1. The first-order valence-corrected chi connectivity index (χ1v) is 10.6. The number of nitrogens with zero attached hydrogens (tertiary/aromatic N) is 3. The summed E-state index contributed by atoms with van der Waals surface area (Å²) in [4.78, 5) is 29.2. The van der Waals surface area contributed by atoms with Gasteiger partial charge in [-0.05, 0) is 49.7 Å². The summed E-state index contributed by atoms with van der Waals surface area (Å²) in [5.41, 5.74) is -1.07. The Kier molecular flexibility index (Phi) is 5.87. The SMILES string of the molecule is O=C1CN(C(=O)c2nc3c(C(F)(F)F)cc(C4CC4)cn3c2Cl)CCN1.OC1CCC1. The fourth-order valence-corrected chi connectivity index (χ4v) is 3.72. The molecule has 0 atom stereocenters. The normalized spacial score (nSPS) is 19.5. The number of hydrogen-bond donors (Lipinski definition) is 2. The Morgan fingerprint density at radius 3 is 2.45 bits per heavy atom. The molecule has 31 heavy (non-hydrogen) atoms. The number of aliphatic hydroxyl groups is 1. The molecule has 0 bridgehead atoms. The number of carbonyl (C=O) groups is 2. The summed E-state index contributed by atoms with van der Waals surface area (Å²) in [6, 6.07) is 1.08. The summed E-state index contributed by atoms with van der Waals surface area (Å²) in [5.74, 6) is -0.921. The maximum atomic E-state index is 13.5. The molecule has 0 aromatic carbocycles. The van der Waals surface area contributed by atoms with Crippen molar-refractivity contribution in [1.82, 2.24) is 19.6 Å². The van der Waals surface area contributed by atoms with Crippen LogP contribution in [0.3, 0.4) is 0 Å². The summed E-state index contributed by atoms with van der Waals surface area (Å²) in [5, 5.41) is 10.8. The zero-order chi connectivity index (χ0) is 22.3. The minimum Gasteiger partial charge on any atom is -0.393 e. The van der Waals surface area contributed by atoms with Gasteiger partial charge in [0.1, 0.15) is 5.15 Å². The van der Waals surface area contributed by atoms with E-state index < -0.39 is 23.3 Å². The average Bonchev–Trinajstić information content (AvgIpc) is 3.49. The van der Waals surface area contributed by atoms with E-state index in [4.69, 9.17) is 16.7 Å². The van der Waals surface area contributed by atoms with Crippen molar-refractivity contribution in [3.8, 4) is 0 Å². The number of halogens is 4. The summed E-state index contributed by atoms with van der Waals surface area (Å²) < 4.78 is 41.6. The molecule has 2 aliphatic carbocycles. The molecule has 1 saturated heterocycles. The number of pyridine rings is 1. The van der Waals surface area contributed by atoms with Crippen LogP contribution >= 0.6 is 11.6 Å². The van der Waals surface area contributed by atoms with Crippen molar-refractivity contribution in [2.45, 2.75) is 50.3 Å². The molecule has 0 spiro atoms. The molecule has 7 nitrogen and oxygen atoms in total. The number of piperazine rings is 1. The van der Waals surface area contributed by atoms with Gasteiger partial charge in [-0.25, -0.2) is 4.98 Å². The first kappa shape index (κ1) is 21.9. The van der Waals surface area contributed by atoms with E-state index in [2.05, 4.69) is 10.3 Å². The van der Waals surface area contributed by atoms with E-state index >= 15 is 0 Å². The quantitative estimate of drug-likeness (QED) is 0.724. The maximum absolute atomic E-state index is 13.5. The molecule has 5 rings (SSSR count). The molecule has 0 radical (unpaired) electrons. The van der Waals surface area contributed by atoms with Gasteiger partial charge < -0.3 is 15.3 Å². The summed E-state index contributed by atoms with van der Waals surface area (Å²) >= 11 is 6.21. The van der Waals surface area contributed by atoms with E-state index in [9.17, 15) is 22.8 Å². The Morgan fingerprint density at radius 1 is 1.26 bits per heavy atom. The van der Waals surface area contributed by atoms with Crippen LogP contribution in [0.1, 0.15) is 59.6 Å². The van der Waals surface area contributed by atoms with E-state index in [1.54, 1.807) is 0 Å². The number of carbonyl (C=O) groups excluding carboxylic acids is 2. The van der Waals surface area contributed by atoms with Crippen LogP contribution in [-0.2, 0) is 11.0 Å². The van der Waals surface area contributed by atoms with Crippen LogP contribution < -0.4 is 5.32 Å². The van der Waals surface area contributed by atoms with Gasteiger partial charge in [0.25, 0.3) is 5.91 Å². The van der Waals surface area contributed by atoms with Crippen molar-refractivity contribution >= 4 is 29.1 Å². The molecule has 168 valence electrons. The zero-order valence-electron chi connectivity index (χ0n) is 16.6. The minimum absolute atomic E-state index is 0.0648. The highest BCUT2D eigenvalue weighted by Gasteiger charge is 2.38. The van der Waals surface area contributed by atoms with Gasteiger partial charge in [-0.3, -0.25) is 14.0 Å². The Balaban J connectivity index is 0.000000407. The molecular formula is C20H22ClF3N4O3. The second-order valence-electron chi connectivity index (χ2n) is 8.07. The molecular weight excluding hydrogens is 437 g/mol. The summed E-state index contributed by atoms with van der Waals surface area (Å²) in [7, 11) is 0. The van der Waals surface area contributed by atoms with Gasteiger partial charge in [-0.1, -0.05) is 11.6 Å². The van der Waals surface area contributed by atoms with E-state index in [1.165, 1.54) is 17.5 Å². The lowest BCUT2D eigenvalue weighted by Gasteiger charge is -2.25. The number of aromatic nitrogens is 2. The first-order valence-electron chi connectivity index (χ1n) is 10.2. The van der Waals surface area contributed by atoms with Gasteiger partial charge in [-0.2, -0.15) is 13.2 Å². The molecule has 2 aromatic heterocycles. The van der Waals surface area contributed by atoms with Crippen LogP contribution in [0.25, 0.3) is 5.65 Å². The Bertz CT molecular complexity index is 1020. The molecule has 2 amide bonds. The number of aliphatic hydroxyl groups excluding tert-OH is 1. The molecule has 2 aromatic rings. The largest absolute Gasteiger partial charge is 0.419 e. The van der Waals surface area contributed by atoms with Gasteiger partial charge in [0, 0.05) is 19.3 Å². The van der Waals surface area contributed by atoms with Crippen LogP contribution in [-0.4, -0.2) is 56.9 Å². The Labute approximate surface area is 181 Å². The lowest BCUT2D eigenvalue weighted by atomic mass is 9.97. The third kappa shape index (κ3) is 4.64. The fraction of sp³-hybridized carbons (Fsp3) is 0.550. The Hall–Kier alpha value is -2.33. The molecule has 2 saturated carbocycles. The second kappa shape index (κ2) is 8.31. The smallest absolute Gasteiger partial charge is 0.393 e. The van der Waals surface area contributed by atoms with E-state index in [0.29, 0.717) is 5.56 Å². The molecule has 11 heteroatoms.